The van der Waals surface area contributed by atoms with Gasteiger partial charge in [-0.1, -0.05) is 176 Å². The SMILES string of the molecule is c1ccc(-c2cc(-c3ccccc3)c3c4ccccc4c4cc(N(c5ccc6ccccc6c5)c5ccc6c7c(cccc57)CC6)ccc4c3c2-c2ccccc2)cc1. The molecule has 0 fully saturated rings. The quantitative estimate of drug-likeness (QED) is 0.153. The van der Waals surface area contributed by atoms with Crippen molar-refractivity contribution in [2.45, 2.75) is 12.8 Å². The van der Waals surface area contributed by atoms with Crippen LogP contribution in [0.2, 0.25) is 0 Å². The third kappa shape index (κ3) is 5.39. The zero-order chi connectivity index (χ0) is 38.9. The highest BCUT2D eigenvalue weighted by molar-refractivity contribution is 6.33. The standard InChI is InChI=1S/C58H39N/c1-4-16-39(17-5-1)51-37-52(40-18-6-2-7-19-40)57-48-25-13-12-24-47(48)53-36-46(32-33-49(53)58(57)56(51)41-20-8-3-9-21-41)59(45-31-29-38-15-10-11-22-44(38)35-45)54-34-30-43-28-27-42-23-14-26-50(54)55(42)43/h1-26,29-37H,27-28H2. The Morgan fingerprint density at radius 2 is 0.881 bits per heavy atom. The molecule has 0 bridgehead atoms. The molecule has 59 heavy (non-hydrogen) atoms. The first kappa shape index (κ1) is 33.6. The van der Waals surface area contributed by atoms with Crippen molar-refractivity contribution in [2.24, 2.45) is 0 Å². The van der Waals surface area contributed by atoms with E-state index in [1.807, 2.05) is 0 Å². The van der Waals surface area contributed by atoms with Gasteiger partial charge >= 0.3 is 0 Å². The van der Waals surface area contributed by atoms with Gasteiger partial charge in [-0.25, -0.2) is 0 Å². The normalized spacial score (nSPS) is 12.3. The summed E-state index contributed by atoms with van der Waals surface area (Å²) in [5.41, 5.74) is 13.8. The lowest BCUT2D eigenvalue weighted by Crippen LogP contribution is -2.11. The van der Waals surface area contributed by atoms with E-state index in [9.17, 15) is 0 Å². The van der Waals surface area contributed by atoms with Crippen molar-refractivity contribution in [2.75, 3.05) is 4.90 Å². The predicted octanol–water partition coefficient (Wildman–Crippen LogP) is 16.0. The van der Waals surface area contributed by atoms with E-state index in [-0.39, 0.29) is 0 Å². The van der Waals surface area contributed by atoms with Crippen LogP contribution in [0.5, 0.6) is 0 Å². The molecule has 1 nitrogen and oxygen atoms in total. The fourth-order valence-corrected chi connectivity index (χ4v) is 10.0. The van der Waals surface area contributed by atoms with Crippen molar-refractivity contribution in [1.82, 2.24) is 0 Å². The molecule has 1 heteroatoms. The van der Waals surface area contributed by atoms with Gasteiger partial charge in [0.2, 0.25) is 0 Å². The molecule has 1 aliphatic rings. The molecule has 0 heterocycles. The van der Waals surface area contributed by atoms with Crippen LogP contribution >= 0.6 is 0 Å². The van der Waals surface area contributed by atoms with Crippen LogP contribution in [0.3, 0.4) is 0 Å². The molecular formula is C58H39N. The summed E-state index contributed by atoms with van der Waals surface area (Å²) in [6.45, 7) is 0. The average molecular weight is 750 g/mol. The number of aryl methyl sites for hydroxylation is 2. The molecule has 1 aliphatic carbocycles. The van der Waals surface area contributed by atoms with Gasteiger partial charge in [0.25, 0.3) is 0 Å². The Morgan fingerprint density at radius 1 is 0.305 bits per heavy atom. The molecule has 0 saturated heterocycles. The van der Waals surface area contributed by atoms with Gasteiger partial charge < -0.3 is 4.90 Å². The van der Waals surface area contributed by atoms with Crippen molar-refractivity contribution in [3.8, 4) is 33.4 Å². The highest BCUT2D eigenvalue weighted by Gasteiger charge is 2.25. The Morgan fingerprint density at radius 3 is 1.64 bits per heavy atom. The van der Waals surface area contributed by atoms with Gasteiger partial charge in [0.15, 0.2) is 0 Å². The van der Waals surface area contributed by atoms with Gasteiger partial charge in [0.1, 0.15) is 0 Å². The second-order valence-electron chi connectivity index (χ2n) is 15.9. The molecule has 0 aromatic heterocycles. The largest absolute Gasteiger partial charge is 0.310 e. The fourth-order valence-electron chi connectivity index (χ4n) is 10.0. The Kier molecular flexibility index (Phi) is 7.74. The molecule has 11 aromatic rings. The topological polar surface area (TPSA) is 3.24 Å². The number of nitrogens with zero attached hydrogens (tertiary/aromatic N) is 1. The Bertz CT molecular complexity index is 3410. The summed E-state index contributed by atoms with van der Waals surface area (Å²) in [6, 6.07) is 78.8. The van der Waals surface area contributed by atoms with E-state index in [2.05, 4.69) is 217 Å². The van der Waals surface area contributed by atoms with Gasteiger partial charge in [0, 0.05) is 16.8 Å². The highest BCUT2D eigenvalue weighted by Crippen LogP contribution is 2.51. The lowest BCUT2D eigenvalue weighted by Gasteiger charge is -2.28. The van der Waals surface area contributed by atoms with Crippen molar-refractivity contribution >= 4 is 70.9 Å². The van der Waals surface area contributed by atoms with E-state index in [1.54, 1.807) is 0 Å². The van der Waals surface area contributed by atoms with Crippen molar-refractivity contribution < 1.29 is 0 Å². The van der Waals surface area contributed by atoms with Crippen LogP contribution in [0.4, 0.5) is 17.1 Å². The minimum absolute atomic E-state index is 1.10. The molecule has 0 spiro atoms. The van der Waals surface area contributed by atoms with E-state index in [0.29, 0.717) is 0 Å². The summed E-state index contributed by atoms with van der Waals surface area (Å²) < 4.78 is 0. The van der Waals surface area contributed by atoms with E-state index in [4.69, 9.17) is 0 Å². The Labute approximate surface area is 344 Å². The molecule has 0 unspecified atom stereocenters. The maximum Gasteiger partial charge on any atom is 0.0540 e. The van der Waals surface area contributed by atoms with Crippen LogP contribution in [-0.2, 0) is 12.8 Å². The molecule has 12 rings (SSSR count). The van der Waals surface area contributed by atoms with E-state index < -0.39 is 0 Å². The van der Waals surface area contributed by atoms with Crippen LogP contribution in [0.15, 0.2) is 212 Å². The molecule has 0 radical (unpaired) electrons. The van der Waals surface area contributed by atoms with Crippen LogP contribution in [0.25, 0.3) is 87.2 Å². The first-order valence-electron chi connectivity index (χ1n) is 20.7. The number of rotatable bonds is 6. The number of benzene rings is 11. The fraction of sp³-hybridized carbons (Fsp3) is 0.0345. The summed E-state index contributed by atoms with van der Waals surface area (Å²) in [5, 5.41) is 12.7. The minimum Gasteiger partial charge on any atom is -0.310 e. The van der Waals surface area contributed by atoms with Crippen LogP contribution in [-0.4, -0.2) is 0 Å². The average Bonchev–Trinajstić information content (AvgIpc) is 3.74. The zero-order valence-electron chi connectivity index (χ0n) is 32.6. The Balaban J connectivity index is 1.22. The third-order valence-electron chi connectivity index (χ3n) is 12.7. The summed E-state index contributed by atoms with van der Waals surface area (Å²) in [4.78, 5) is 2.50. The highest BCUT2D eigenvalue weighted by atomic mass is 15.1. The second-order valence-corrected chi connectivity index (χ2v) is 15.9. The summed E-state index contributed by atoms with van der Waals surface area (Å²) >= 11 is 0. The number of fused-ring (bicyclic) bond motifs is 7. The van der Waals surface area contributed by atoms with Crippen LogP contribution in [0, 0.1) is 0 Å². The van der Waals surface area contributed by atoms with Gasteiger partial charge in [0.05, 0.1) is 5.69 Å². The second kappa shape index (κ2) is 13.6. The van der Waals surface area contributed by atoms with Crippen molar-refractivity contribution in [1.29, 1.82) is 0 Å². The maximum absolute atomic E-state index is 2.50. The number of hydrogen-bond donors (Lipinski definition) is 0. The van der Waals surface area contributed by atoms with Crippen molar-refractivity contribution in [3.63, 3.8) is 0 Å². The van der Waals surface area contributed by atoms with Gasteiger partial charge in [-0.3, -0.25) is 0 Å². The third-order valence-corrected chi connectivity index (χ3v) is 12.7. The molecule has 0 atom stereocenters. The maximum atomic E-state index is 2.50. The molecular weight excluding hydrogens is 711 g/mol. The predicted molar refractivity (Wildman–Crippen MR) is 252 cm³/mol. The smallest absolute Gasteiger partial charge is 0.0540 e. The van der Waals surface area contributed by atoms with E-state index in [1.165, 1.54) is 104 Å². The lowest BCUT2D eigenvalue weighted by molar-refractivity contribution is 1.02. The molecule has 11 aromatic carbocycles. The Hall–Kier alpha value is -7.48. The molecule has 0 N–H and O–H groups in total. The first-order chi connectivity index (χ1) is 29.3. The van der Waals surface area contributed by atoms with Gasteiger partial charge in [-0.05, 0) is 142 Å². The number of hydrogen-bond acceptors (Lipinski definition) is 1. The van der Waals surface area contributed by atoms with E-state index >= 15 is 0 Å². The van der Waals surface area contributed by atoms with Crippen LogP contribution < -0.4 is 4.90 Å². The van der Waals surface area contributed by atoms with E-state index in [0.717, 1.165) is 24.2 Å². The molecule has 0 saturated carbocycles. The summed E-state index contributed by atoms with van der Waals surface area (Å²) in [6.07, 6.45) is 2.20. The number of anilines is 3. The molecule has 276 valence electrons. The van der Waals surface area contributed by atoms with Gasteiger partial charge in [-0.15, -0.1) is 0 Å². The molecule has 0 aliphatic heterocycles. The van der Waals surface area contributed by atoms with Crippen molar-refractivity contribution in [3.05, 3.63) is 223 Å². The summed E-state index contributed by atoms with van der Waals surface area (Å²) in [5.74, 6) is 0. The summed E-state index contributed by atoms with van der Waals surface area (Å²) in [7, 11) is 0. The lowest BCUT2D eigenvalue weighted by atomic mass is 9.81. The first-order valence-corrected chi connectivity index (χ1v) is 20.7. The molecule has 0 amide bonds. The zero-order valence-corrected chi connectivity index (χ0v) is 32.6. The monoisotopic (exact) mass is 749 g/mol. The minimum atomic E-state index is 1.10. The van der Waals surface area contributed by atoms with Crippen LogP contribution in [0.1, 0.15) is 11.1 Å². The van der Waals surface area contributed by atoms with Gasteiger partial charge in [-0.2, -0.15) is 0 Å².